The Kier molecular flexibility index (Phi) is 4.35. The van der Waals surface area contributed by atoms with Gasteiger partial charge < -0.3 is 16.2 Å². The summed E-state index contributed by atoms with van der Waals surface area (Å²) in [5.74, 6) is 0. The summed E-state index contributed by atoms with van der Waals surface area (Å²) in [6.45, 7) is -0.0475. The zero-order chi connectivity index (χ0) is 10.6. The first-order valence-corrected chi connectivity index (χ1v) is 4.86. The zero-order valence-corrected chi connectivity index (χ0v) is 8.83. The highest BCUT2D eigenvalue weighted by molar-refractivity contribution is 6.30. The molecule has 0 fully saturated rings. The van der Waals surface area contributed by atoms with Crippen LogP contribution < -0.4 is 11.1 Å². The van der Waals surface area contributed by atoms with E-state index in [0.717, 1.165) is 5.56 Å². The third-order valence-electron chi connectivity index (χ3n) is 2.18. The average molecular weight is 215 g/mol. The van der Waals surface area contributed by atoms with E-state index in [4.69, 9.17) is 22.4 Å². The molecular weight excluding hydrogens is 200 g/mol. The zero-order valence-electron chi connectivity index (χ0n) is 8.07. The number of halogens is 1. The van der Waals surface area contributed by atoms with Gasteiger partial charge in [0.25, 0.3) is 0 Å². The minimum absolute atomic E-state index is 0.0442. The Balaban J connectivity index is 2.84. The largest absolute Gasteiger partial charge is 0.395 e. The molecule has 2 atom stereocenters. The number of hydrogen-bond donors (Lipinski definition) is 3. The average Bonchev–Trinajstić information content (AvgIpc) is 2.21. The summed E-state index contributed by atoms with van der Waals surface area (Å²) in [5, 5.41) is 12.7. The molecule has 0 amide bonds. The maximum Gasteiger partial charge on any atom is 0.0601 e. The van der Waals surface area contributed by atoms with Crippen LogP contribution in [0.5, 0.6) is 0 Å². The van der Waals surface area contributed by atoms with Gasteiger partial charge in [-0.2, -0.15) is 0 Å². The number of rotatable bonds is 4. The predicted octanol–water partition coefficient (Wildman–Crippen LogP) is 0.920. The minimum atomic E-state index is -0.304. The molecule has 0 aliphatic heterocycles. The highest BCUT2D eigenvalue weighted by Gasteiger charge is 2.16. The summed E-state index contributed by atoms with van der Waals surface area (Å²) >= 11 is 5.77. The molecule has 0 aliphatic carbocycles. The number of nitrogens with two attached hydrogens (primary N) is 1. The van der Waals surface area contributed by atoms with Gasteiger partial charge in [-0.3, -0.25) is 0 Å². The smallest absolute Gasteiger partial charge is 0.0601 e. The first kappa shape index (κ1) is 11.5. The van der Waals surface area contributed by atoms with Gasteiger partial charge in [0.2, 0.25) is 0 Å². The molecule has 3 nitrogen and oxygen atoms in total. The lowest BCUT2D eigenvalue weighted by atomic mass is 10.0. The monoisotopic (exact) mass is 214 g/mol. The van der Waals surface area contributed by atoms with Crippen LogP contribution in [0.2, 0.25) is 5.02 Å². The van der Waals surface area contributed by atoms with E-state index in [2.05, 4.69) is 5.32 Å². The third-order valence-corrected chi connectivity index (χ3v) is 2.43. The molecule has 0 bridgehead atoms. The Labute approximate surface area is 88.9 Å². The van der Waals surface area contributed by atoms with E-state index in [-0.39, 0.29) is 18.7 Å². The van der Waals surface area contributed by atoms with Gasteiger partial charge in [-0.25, -0.2) is 0 Å². The quantitative estimate of drug-likeness (QED) is 0.699. The summed E-state index contributed by atoms with van der Waals surface area (Å²) in [6, 6.07) is 7.08. The lowest BCUT2D eigenvalue weighted by molar-refractivity contribution is 0.240. The van der Waals surface area contributed by atoms with E-state index in [0.29, 0.717) is 5.02 Å². The van der Waals surface area contributed by atoms with Gasteiger partial charge in [-0.15, -0.1) is 0 Å². The first-order valence-electron chi connectivity index (χ1n) is 4.48. The molecular formula is C10H15ClN2O. The van der Waals surface area contributed by atoms with Crippen LogP contribution in [0.4, 0.5) is 0 Å². The van der Waals surface area contributed by atoms with Gasteiger partial charge in [0, 0.05) is 17.1 Å². The van der Waals surface area contributed by atoms with Crippen molar-refractivity contribution in [1.82, 2.24) is 5.32 Å². The van der Waals surface area contributed by atoms with Crippen LogP contribution in [0.15, 0.2) is 24.3 Å². The van der Waals surface area contributed by atoms with Gasteiger partial charge in [0.05, 0.1) is 6.61 Å². The fourth-order valence-corrected chi connectivity index (χ4v) is 1.53. The van der Waals surface area contributed by atoms with E-state index < -0.39 is 0 Å². The molecule has 14 heavy (non-hydrogen) atoms. The summed E-state index contributed by atoms with van der Waals surface area (Å²) < 4.78 is 0. The first-order chi connectivity index (χ1) is 6.69. The van der Waals surface area contributed by atoms with Crippen molar-refractivity contribution in [3.8, 4) is 0 Å². The van der Waals surface area contributed by atoms with Crippen molar-refractivity contribution in [1.29, 1.82) is 0 Å². The van der Waals surface area contributed by atoms with Crippen LogP contribution in [-0.4, -0.2) is 24.8 Å². The van der Waals surface area contributed by atoms with E-state index in [9.17, 15) is 0 Å². The summed E-state index contributed by atoms with van der Waals surface area (Å²) in [5.41, 5.74) is 6.78. The fourth-order valence-electron chi connectivity index (χ4n) is 1.40. The van der Waals surface area contributed by atoms with Crippen molar-refractivity contribution in [2.75, 3.05) is 13.7 Å². The normalized spacial score (nSPS) is 15.1. The second kappa shape index (κ2) is 5.32. The fraction of sp³-hybridized carbons (Fsp3) is 0.400. The van der Waals surface area contributed by atoms with Gasteiger partial charge in [0.1, 0.15) is 0 Å². The number of nitrogens with one attached hydrogen (secondary N) is 1. The Hall–Kier alpha value is -0.610. The predicted molar refractivity (Wildman–Crippen MR) is 58.3 cm³/mol. The summed E-state index contributed by atoms with van der Waals surface area (Å²) in [6.07, 6.45) is 0. The van der Waals surface area contributed by atoms with E-state index in [1.807, 2.05) is 31.3 Å². The van der Waals surface area contributed by atoms with Crippen molar-refractivity contribution < 1.29 is 5.11 Å². The van der Waals surface area contributed by atoms with E-state index in [1.54, 1.807) is 0 Å². The molecule has 1 rings (SSSR count). The summed E-state index contributed by atoms with van der Waals surface area (Å²) in [7, 11) is 1.81. The number of aliphatic hydroxyl groups excluding tert-OH is 1. The summed E-state index contributed by atoms with van der Waals surface area (Å²) in [4.78, 5) is 0. The SMILES string of the molecule is CNC(c1ccc(Cl)cc1)C(N)CO. The minimum Gasteiger partial charge on any atom is -0.395 e. The number of hydrogen-bond acceptors (Lipinski definition) is 3. The Morgan fingerprint density at radius 3 is 2.43 bits per heavy atom. The van der Waals surface area contributed by atoms with Crippen LogP contribution in [0, 0.1) is 0 Å². The van der Waals surface area contributed by atoms with Gasteiger partial charge in [-0.05, 0) is 24.7 Å². The van der Waals surface area contributed by atoms with E-state index >= 15 is 0 Å². The second-order valence-corrected chi connectivity index (χ2v) is 3.60. The van der Waals surface area contributed by atoms with Crippen LogP contribution in [0.3, 0.4) is 0 Å². The molecule has 0 aromatic heterocycles. The maximum absolute atomic E-state index is 8.96. The standard InChI is InChI=1S/C10H15ClN2O/c1-13-10(9(12)6-14)7-2-4-8(11)5-3-7/h2-5,9-10,13-14H,6,12H2,1H3. The molecule has 1 aromatic carbocycles. The number of likely N-dealkylation sites (N-methyl/N-ethyl adjacent to an activating group) is 1. The lowest BCUT2D eigenvalue weighted by Gasteiger charge is -2.22. The number of benzene rings is 1. The Bertz CT molecular complexity index is 276. The highest BCUT2D eigenvalue weighted by atomic mass is 35.5. The molecule has 0 heterocycles. The van der Waals surface area contributed by atoms with Crippen molar-refractivity contribution in [3.63, 3.8) is 0 Å². The van der Waals surface area contributed by atoms with Gasteiger partial charge in [0.15, 0.2) is 0 Å². The van der Waals surface area contributed by atoms with Crippen LogP contribution in [0.25, 0.3) is 0 Å². The molecule has 0 saturated carbocycles. The molecule has 2 unspecified atom stereocenters. The van der Waals surface area contributed by atoms with Crippen LogP contribution in [0.1, 0.15) is 11.6 Å². The molecule has 4 heteroatoms. The highest BCUT2D eigenvalue weighted by Crippen LogP contribution is 2.18. The maximum atomic E-state index is 8.96. The lowest BCUT2D eigenvalue weighted by Crippen LogP contribution is -2.38. The van der Waals surface area contributed by atoms with Crippen molar-refractivity contribution >= 4 is 11.6 Å². The van der Waals surface area contributed by atoms with Crippen molar-refractivity contribution in [3.05, 3.63) is 34.9 Å². The van der Waals surface area contributed by atoms with Crippen LogP contribution in [-0.2, 0) is 0 Å². The molecule has 78 valence electrons. The molecule has 4 N–H and O–H groups in total. The third kappa shape index (κ3) is 2.69. The molecule has 0 aliphatic rings. The number of aliphatic hydroxyl groups is 1. The van der Waals surface area contributed by atoms with Gasteiger partial charge in [-0.1, -0.05) is 23.7 Å². The van der Waals surface area contributed by atoms with Crippen molar-refractivity contribution in [2.45, 2.75) is 12.1 Å². The van der Waals surface area contributed by atoms with Gasteiger partial charge >= 0.3 is 0 Å². The second-order valence-electron chi connectivity index (χ2n) is 3.16. The molecule has 0 saturated heterocycles. The Morgan fingerprint density at radius 1 is 1.43 bits per heavy atom. The van der Waals surface area contributed by atoms with Crippen molar-refractivity contribution in [2.24, 2.45) is 5.73 Å². The molecule has 1 aromatic rings. The van der Waals surface area contributed by atoms with Crippen LogP contribution >= 0.6 is 11.6 Å². The molecule has 0 spiro atoms. The topological polar surface area (TPSA) is 58.3 Å². The van der Waals surface area contributed by atoms with E-state index in [1.165, 1.54) is 0 Å². The molecule has 0 radical (unpaired) electrons. The Morgan fingerprint density at radius 2 is 2.00 bits per heavy atom.